The van der Waals surface area contributed by atoms with E-state index in [1.807, 2.05) is 24.3 Å². The first-order valence-electron chi connectivity index (χ1n) is 8.02. The van der Waals surface area contributed by atoms with Crippen molar-refractivity contribution >= 4 is 23.4 Å². The monoisotopic (exact) mass is 385 g/mol. The molecular weight excluding hydrogens is 366 g/mol. The van der Waals surface area contributed by atoms with E-state index in [2.05, 4.69) is 15.5 Å². The van der Waals surface area contributed by atoms with E-state index in [4.69, 9.17) is 15.3 Å². The Bertz CT molecular complexity index is 927. The second-order valence-corrected chi connectivity index (χ2v) is 6.42. The molecule has 3 aromatic rings. The Hall–Kier alpha value is -3.20. The number of carbonyl (C=O) groups is 1. The number of thioether (sulfide) groups is 1. The topological polar surface area (TPSA) is 104 Å². The number of ether oxygens (including phenoxy) is 2. The Labute approximate surface area is 160 Å². The predicted octanol–water partition coefficient (Wildman–Crippen LogP) is 2.41. The van der Waals surface area contributed by atoms with Gasteiger partial charge in [0.25, 0.3) is 0 Å². The minimum atomic E-state index is -0.170. The van der Waals surface area contributed by atoms with Crippen LogP contribution in [0.1, 0.15) is 0 Å². The number of hydrogen-bond acceptors (Lipinski definition) is 7. The molecule has 0 saturated heterocycles. The van der Waals surface area contributed by atoms with Crippen LogP contribution < -0.4 is 20.6 Å². The van der Waals surface area contributed by atoms with Crippen LogP contribution in [-0.2, 0) is 4.79 Å². The number of nitrogens with zero attached hydrogens (tertiary/aromatic N) is 3. The highest BCUT2D eigenvalue weighted by molar-refractivity contribution is 7.99. The maximum absolute atomic E-state index is 12.1. The molecule has 2 aromatic carbocycles. The lowest BCUT2D eigenvalue weighted by molar-refractivity contribution is -0.113. The molecule has 1 aromatic heterocycles. The number of hydrogen-bond donors (Lipinski definition) is 2. The lowest BCUT2D eigenvalue weighted by Crippen LogP contribution is -2.16. The van der Waals surface area contributed by atoms with Crippen molar-refractivity contribution in [3.63, 3.8) is 0 Å². The van der Waals surface area contributed by atoms with Gasteiger partial charge in [-0.05, 0) is 36.4 Å². The fourth-order valence-corrected chi connectivity index (χ4v) is 2.99. The Balaban J connectivity index is 1.62. The zero-order valence-electron chi connectivity index (χ0n) is 14.9. The third-order valence-electron chi connectivity index (χ3n) is 3.70. The summed E-state index contributed by atoms with van der Waals surface area (Å²) in [6.07, 6.45) is 0. The molecule has 0 spiro atoms. The van der Waals surface area contributed by atoms with Crippen LogP contribution in [0.15, 0.2) is 53.7 Å². The standard InChI is InChI=1S/C18H19N5O3S/c1-25-14-8-6-13(7-9-14)20-16(24)11-27-18-22-21-17(23(18)19)12-4-3-5-15(10-12)26-2/h3-10H,11,19H2,1-2H3,(H,20,24). The molecule has 0 aliphatic carbocycles. The van der Waals surface area contributed by atoms with Gasteiger partial charge in [0.1, 0.15) is 11.5 Å². The Kier molecular flexibility index (Phi) is 5.82. The normalized spacial score (nSPS) is 10.4. The second-order valence-electron chi connectivity index (χ2n) is 5.47. The Morgan fingerprint density at radius 3 is 2.56 bits per heavy atom. The summed E-state index contributed by atoms with van der Waals surface area (Å²) in [6.45, 7) is 0. The molecule has 9 heteroatoms. The van der Waals surface area contributed by atoms with Gasteiger partial charge in [0.15, 0.2) is 5.82 Å². The number of nitrogens with one attached hydrogen (secondary N) is 1. The maximum Gasteiger partial charge on any atom is 0.234 e. The van der Waals surface area contributed by atoms with Gasteiger partial charge in [-0.25, -0.2) is 4.68 Å². The van der Waals surface area contributed by atoms with Crippen molar-refractivity contribution in [2.45, 2.75) is 5.16 Å². The quantitative estimate of drug-likeness (QED) is 0.475. The van der Waals surface area contributed by atoms with Crippen LogP contribution >= 0.6 is 11.8 Å². The highest BCUT2D eigenvalue weighted by Gasteiger charge is 2.14. The summed E-state index contributed by atoms with van der Waals surface area (Å²) in [4.78, 5) is 12.1. The molecule has 1 amide bonds. The molecule has 0 aliphatic heterocycles. The summed E-state index contributed by atoms with van der Waals surface area (Å²) < 4.78 is 11.7. The molecule has 0 radical (unpaired) electrons. The number of amides is 1. The first kappa shape index (κ1) is 18.6. The van der Waals surface area contributed by atoms with Gasteiger partial charge < -0.3 is 20.6 Å². The van der Waals surface area contributed by atoms with Gasteiger partial charge in [-0.1, -0.05) is 23.9 Å². The zero-order chi connectivity index (χ0) is 19.2. The predicted molar refractivity (Wildman–Crippen MR) is 105 cm³/mol. The first-order valence-corrected chi connectivity index (χ1v) is 9.01. The molecule has 0 aliphatic rings. The van der Waals surface area contributed by atoms with E-state index in [1.165, 1.54) is 16.4 Å². The number of carbonyl (C=O) groups excluding carboxylic acids is 1. The van der Waals surface area contributed by atoms with E-state index >= 15 is 0 Å². The van der Waals surface area contributed by atoms with Gasteiger partial charge in [-0.15, -0.1) is 10.2 Å². The van der Waals surface area contributed by atoms with Crippen molar-refractivity contribution in [1.82, 2.24) is 14.9 Å². The van der Waals surface area contributed by atoms with E-state index in [0.717, 1.165) is 11.3 Å². The van der Waals surface area contributed by atoms with Gasteiger partial charge in [0, 0.05) is 11.3 Å². The zero-order valence-corrected chi connectivity index (χ0v) is 15.7. The lowest BCUT2D eigenvalue weighted by atomic mass is 10.2. The van der Waals surface area contributed by atoms with Gasteiger partial charge >= 0.3 is 0 Å². The largest absolute Gasteiger partial charge is 0.497 e. The van der Waals surface area contributed by atoms with Gasteiger partial charge in [-0.3, -0.25) is 4.79 Å². The first-order chi connectivity index (χ1) is 13.1. The molecule has 140 valence electrons. The Morgan fingerprint density at radius 2 is 1.85 bits per heavy atom. The van der Waals surface area contributed by atoms with Crippen molar-refractivity contribution in [2.75, 3.05) is 31.1 Å². The summed E-state index contributed by atoms with van der Waals surface area (Å²) in [5.74, 6) is 7.98. The van der Waals surface area contributed by atoms with Crippen molar-refractivity contribution in [3.05, 3.63) is 48.5 Å². The molecule has 27 heavy (non-hydrogen) atoms. The third kappa shape index (κ3) is 4.50. The maximum atomic E-state index is 12.1. The molecule has 3 rings (SSSR count). The smallest absolute Gasteiger partial charge is 0.234 e. The van der Waals surface area contributed by atoms with Gasteiger partial charge in [-0.2, -0.15) is 0 Å². The molecule has 0 unspecified atom stereocenters. The Morgan fingerprint density at radius 1 is 1.11 bits per heavy atom. The van der Waals surface area contributed by atoms with Gasteiger partial charge in [0.05, 0.1) is 20.0 Å². The van der Waals surface area contributed by atoms with Crippen molar-refractivity contribution in [2.24, 2.45) is 0 Å². The number of aromatic nitrogens is 3. The summed E-state index contributed by atoms with van der Waals surface area (Å²) in [5, 5.41) is 11.4. The van der Waals surface area contributed by atoms with Crippen LogP contribution in [0.5, 0.6) is 11.5 Å². The number of anilines is 1. The van der Waals surface area contributed by atoms with Crippen LogP contribution in [-0.4, -0.2) is 40.8 Å². The number of rotatable bonds is 7. The third-order valence-corrected chi connectivity index (χ3v) is 4.64. The van der Waals surface area contributed by atoms with Crippen molar-refractivity contribution in [1.29, 1.82) is 0 Å². The van der Waals surface area contributed by atoms with Crippen molar-refractivity contribution in [3.8, 4) is 22.9 Å². The summed E-state index contributed by atoms with van der Waals surface area (Å²) in [7, 11) is 3.18. The molecule has 0 fully saturated rings. The number of nitrogen functional groups attached to an aromatic ring is 1. The highest BCUT2D eigenvalue weighted by atomic mass is 32.2. The number of nitrogens with two attached hydrogens (primary N) is 1. The average Bonchev–Trinajstić information content (AvgIpc) is 3.07. The molecule has 3 N–H and O–H groups in total. The summed E-state index contributed by atoms with van der Waals surface area (Å²) in [6, 6.07) is 14.5. The molecule has 0 atom stereocenters. The number of benzene rings is 2. The molecule has 8 nitrogen and oxygen atoms in total. The lowest BCUT2D eigenvalue weighted by Gasteiger charge is -2.07. The van der Waals surface area contributed by atoms with Gasteiger partial charge in [0.2, 0.25) is 11.1 Å². The minimum absolute atomic E-state index is 0.152. The molecular formula is C18H19N5O3S. The van der Waals surface area contributed by atoms with Crippen LogP contribution in [0.25, 0.3) is 11.4 Å². The molecule has 0 bridgehead atoms. The van der Waals surface area contributed by atoms with Crippen LogP contribution in [0.4, 0.5) is 5.69 Å². The van der Waals surface area contributed by atoms with Crippen LogP contribution in [0.3, 0.4) is 0 Å². The fraction of sp³-hybridized carbons (Fsp3) is 0.167. The van der Waals surface area contributed by atoms with Crippen LogP contribution in [0.2, 0.25) is 0 Å². The highest BCUT2D eigenvalue weighted by Crippen LogP contribution is 2.24. The SMILES string of the molecule is COc1ccc(NC(=O)CSc2nnc(-c3cccc(OC)c3)n2N)cc1. The minimum Gasteiger partial charge on any atom is -0.497 e. The average molecular weight is 385 g/mol. The fourth-order valence-electron chi connectivity index (χ4n) is 2.34. The second kappa shape index (κ2) is 8.45. The van der Waals surface area contributed by atoms with E-state index in [9.17, 15) is 4.79 Å². The van der Waals surface area contributed by atoms with Crippen molar-refractivity contribution < 1.29 is 14.3 Å². The van der Waals surface area contributed by atoms with E-state index < -0.39 is 0 Å². The molecule has 0 saturated carbocycles. The number of methoxy groups -OCH3 is 2. The van der Waals surface area contributed by atoms with E-state index in [-0.39, 0.29) is 11.7 Å². The van der Waals surface area contributed by atoms with E-state index in [1.54, 1.807) is 38.5 Å². The summed E-state index contributed by atoms with van der Waals surface area (Å²) in [5.41, 5.74) is 1.46. The van der Waals surface area contributed by atoms with E-state index in [0.29, 0.717) is 22.4 Å². The molecule has 1 heterocycles. The van der Waals surface area contributed by atoms with Crippen LogP contribution in [0, 0.1) is 0 Å². The summed E-state index contributed by atoms with van der Waals surface area (Å²) >= 11 is 1.20.